The smallest absolute Gasteiger partial charge is 0.232 e. The zero-order valence-electron chi connectivity index (χ0n) is 17.5. The Morgan fingerprint density at radius 3 is 2.33 bits per heavy atom. The third-order valence-corrected chi connectivity index (χ3v) is 6.44. The van der Waals surface area contributed by atoms with Crippen molar-refractivity contribution in [1.29, 1.82) is 0 Å². The van der Waals surface area contributed by atoms with Gasteiger partial charge in [-0.2, -0.15) is 0 Å². The van der Waals surface area contributed by atoms with Gasteiger partial charge in [0, 0.05) is 24.7 Å². The van der Waals surface area contributed by atoms with Crippen molar-refractivity contribution in [3.8, 4) is 0 Å². The third kappa shape index (κ3) is 4.62. The van der Waals surface area contributed by atoms with Crippen LogP contribution in [0, 0.1) is 19.7 Å². The fourth-order valence-corrected chi connectivity index (χ4v) is 4.00. The molecule has 7 heteroatoms. The number of halogens is 1. The zero-order valence-corrected chi connectivity index (χ0v) is 18.3. The van der Waals surface area contributed by atoms with Crippen molar-refractivity contribution in [2.75, 3.05) is 10.5 Å². The average molecular weight is 429 g/mol. The number of aromatic nitrogens is 1. The van der Waals surface area contributed by atoms with E-state index in [1.54, 1.807) is 35.9 Å². The Kier molecular flexibility index (Phi) is 6.12. The van der Waals surface area contributed by atoms with E-state index in [0.717, 1.165) is 16.8 Å². The van der Waals surface area contributed by atoms with E-state index in [-0.39, 0.29) is 23.6 Å². The molecule has 30 heavy (non-hydrogen) atoms. The normalized spacial score (nSPS) is 11.5. The van der Waals surface area contributed by atoms with Gasteiger partial charge >= 0.3 is 0 Å². The minimum Gasteiger partial charge on any atom is -0.344 e. The van der Waals surface area contributed by atoms with E-state index in [2.05, 4.69) is 4.72 Å². The van der Waals surface area contributed by atoms with Gasteiger partial charge < -0.3 is 4.57 Å². The number of anilines is 1. The lowest BCUT2D eigenvalue weighted by atomic mass is 10.0. The van der Waals surface area contributed by atoms with Gasteiger partial charge in [0.2, 0.25) is 15.8 Å². The van der Waals surface area contributed by atoms with Crippen LogP contribution in [-0.4, -0.2) is 24.5 Å². The predicted molar refractivity (Wildman–Crippen MR) is 117 cm³/mol. The Hall–Kier alpha value is -2.93. The number of benzene rings is 2. The number of hydrogen-bond donors (Lipinski definition) is 1. The number of ketones is 1. The zero-order chi connectivity index (χ0) is 22.1. The second-order valence-electron chi connectivity index (χ2n) is 7.41. The molecule has 0 radical (unpaired) electrons. The van der Waals surface area contributed by atoms with Crippen molar-refractivity contribution >= 4 is 21.5 Å². The highest BCUT2D eigenvalue weighted by Gasteiger charge is 2.19. The van der Waals surface area contributed by atoms with Crippen molar-refractivity contribution in [1.82, 2.24) is 4.57 Å². The van der Waals surface area contributed by atoms with Crippen LogP contribution in [0.4, 0.5) is 10.1 Å². The van der Waals surface area contributed by atoms with Crippen LogP contribution in [0.2, 0.25) is 0 Å². The summed E-state index contributed by atoms with van der Waals surface area (Å²) < 4.78 is 42.1. The summed E-state index contributed by atoms with van der Waals surface area (Å²) >= 11 is 0. The molecule has 0 aliphatic heterocycles. The van der Waals surface area contributed by atoms with E-state index in [1.807, 2.05) is 32.0 Å². The molecule has 3 aromatic rings. The summed E-state index contributed by atoms with van der Waals surface area (Å²) in [5, 5.41) is 0. The predicted octanol–water partition coefficient (Wildman–Crippen LogP) is 4.36. The Morgan fingerprint density at radius 1 is 1.07 bits per heavy atom. The molecule has 0 fully saturated rings. The Labute approximate surface area is 176 Å². The Bertz CT molecular complexity index is 1200. The van der Waals surface area contributed by atoms with Crippen LogP contribution in [0.15, 0.2) is 48.5 Å². The van der Waals surface area contributed by atoms with Gasteiger partial charge in [-0.15, -0.1) is 0 Å². The van der Waals surface area contributed by atoms with E-state index in [1.165, 1.54) is 13.0 Å². The molecular weight excluding hydrogens is 403 g/mol. The first-order chi connectivity index (χ1) is 14.1. The van der Waals surface area contributed by atoms with Gasteiger partial charge in [0.05, 0.1) is 17.1 Å². The molecule has 0 saturated carbocycles. The van der Waals surface area contributed by atoms with Gasteiger partial charge in [-0.25, -0.2) is 12.8 Å². The van der Waals surface area contributed by atoms with E-state index in [0.29, 0.717) is 16.8 Å². The summed E-state index contributed by atoms with van der Waals surface area (Å²) in [6, 6.07) is 13.6. The first-order valence-corrected chi connectivity index (χ1v) is 11.3. The van der Waals surface area contributed by atoms with Gasteiger partial charge in [-0.05, 0) is 50.1 Å². The molecule has 0 atom stereocenters. The molecule has 1 N–H and O–H groups in total. The van der Waals surface area contributed by atoms with Gasteiger partial charge in [-0.3, -0.25) is 9.52 Å². The van der Waals surface area contributed by atoms with Crippen LogP contribution in [0.25, 0.3) is 0 Å². The highest BCUT2D eigenvalue weighted by atomic mass is 32.2. The molecule has 1 aromatic heterocycles. The number of hydrogen-bond acceptors (Lipinski definition) is 3. The lowest BCUT2D eigenvalue weighted by molar-refractivity contribution is 0.103. The summed E-state index contributed by atoms with van der Waals surface area (Å²) in [4.78, 5) is 13.0. The van der Waals surface area contributed by atoms with Crippen molar-refractivity contribution < 1.29 is 17.6 Å². The van der Waals surface area contributed by atoms with Gasteiger partial charge in [0.15, 0.2) is 0 Å². The second kappa shape index (κ2) is 8.44. The first kappa shape index (κ1) is 21.8. The fraction of sp³-hybridized carbons (Fsp3) is 0.261. The van der Waals surface area contributed by atoms with Gasteiger partial charge in [0.1, 0.15) is 5.82 Å². The second-order valence-corrected chi connectivity index (χ2v) is 9.42. The molecule has 0 saturated heterocycles. The minimum atomic E-state index is -3.47. The first-order valence-electron chi connectivity index (χ1n) is 9.66. The van der Waals surface area contributed by atoms with E-state index < -0.39 is 15.8 Å². The molecule has 0 spiro atoms. The maximum atomic E-state index is 14.6. The molecule has 2 aromatic carbocycles. The van der Waals surface area contributed by atoms with Crippen molar-refractivity contribution in [3.63, 3.8) is 0 Å². The van der Waals surface area contributed by atoms with Crippen LogP contribution in [0.3, 0.4) is 0 Å². The van der Waals surface area contributed by atoms with Gasteiger partial charge in [0.25, 0.3) is 0 Å². The van der Waals surface area contributed by atoms with Gasteiger partial charge in [-0.1, -0.05) is 35.9 Å². The lowest BCUT2D eigenvalue weighted by Crippen LogP contribution is -2.15. The summed E-state index contributed by atoms with van der Waals surface area (Å²) in [5.41, 5.74) is 4.49. The number of rotatable bonds is 7. The standard InChI is InChI=1S/C23H25FN2O3S/c1-5-30(28,29)25-19-11-10-18(21(24)14-19)13-20-12-16(3)22(26(20)4)23(27)17-8-6-15(2)7-9-17/h6-12,14,25H,5,13H2,1-4H3. The van der Waals surface area contributed by atoms with Crippen LogP contribution in [-0.2, 0) is 23.5 Å². The summed E-state index contributed by atoms with van der Waals surface area (Å²) in [6.07, 6.45) is 0.283. The highest BCUT2D eigenvalue weighted by Crippen LogP contribution is 2.23. The van der Waals surface area contributed by atoms with Crippen LogP contribution < -0.4 is 4.72 Å². The highest BCUT2D eigenvalue weighted by molar-refractivity contribution is 7.92. The number of nitrogens with one attached hydrogen (secondary N) is 1. The maximum Gasteiger partial charge on any atom is 0.232 e. The topological polar surface area (TPSA) is 68.2 Å². The number of carbonyl (C=O) groups excluding carboxylic acids is 1. The summed E-state index contributed by atoms with van der Waals surface area (Å²) in [5.74, 6) is -0.667. The molecule has 0 amide bonds. The molecule has 0 unspecified atom stereocenters. The Morgan fingerprint density at radius 2 is 1.73 bits per heavy atom. The lowest BCUT2D eigenvalue weighted by Gasteiger charge is -2.11. The van der Waals surface area contributed by atoms with E-state index >= 15 is 0 Å². The summed E-state index contributed by atoms with van der Waals surface area (Å²) in [6.45, 7) is 5.34. The SMILES string of the molecule is CCS(=O)(=O)Nc1ccc(Cc2cc(C)c(C(=O)c3ccc(C)cc3)n2C)c(F)c1. The Balaban J connectivity index is 1.87. The van der Waals surface area contributed by atoms with Crippen molar-refractivity contribution in [3.05, 3.63) is 88.0 Å². The average Bonchev–Trinajstić information content (AvgIpc) is 2.97. The minimum absolute atomic E-state index is 0.0777. The number of nitrogens with zero attached hydrogens (tertiary/aromatic N) is 1. The monoisotopic (exact) mass is 428 g/mol. The molecule has 1 heterocycles. The number of sulfonamides is 1. The quantitative estimate of drug-likeness (QED) is 0.569. The van der Waals surface area contributed by atoms with Crippen molar-refractivity contribution in [2.24, 2.45) is 7.05 Å². The van der Waals surface area contributed by atoms with Crippen LogP contribution >= 0.6 is 0 Å². The summed E-state index contributed by atoms with van der Waals surface area (Å²) in [7, 11) is -1.67. The largest absolute Gasteiger partial charge is 0.344 e. The fourth-order valence-electron chi connectivity index (χ4n) is 3.37. The van der Waals surface area contributed by atoms with E-state index in [9.17, 15) is 17.6 Å². The molecular formula is C23H25FN2O3S. The molecule has 0 bridgehead atoms. The molecule has 5 nitrogen and oxygen atoms in total. The molecule has 0 aliphatic carbocycles. The maximum absolute atomic E-state index is 14.6. The van der Waals surface area contributed by atoms with E-state index in [4.69, 9.17) is 0 Å². The molecule has 158 valence electrons. The van der Waals surface area contributed by atoms with Crippen molar-refractivity contribution in [2.45, 2.75) is 27.2 Å². The number of carbonyl (C=O) groups is 1. The van der Waals surface area contributed by atoms with Crippen LogP contribution in [0.1, 0.15) is 45.4 Å². The third-order valence-electron chi connectivity index (χ3n) is 5.13. The number of aryl methyl sites for hydroxylation is 2. The van der Waals surface area contributed by atoms with Crippen LogP contribution in [0.5, 0.6) is 0 Å². The molecule has 3 rings (SSSR count). The molecule has 0 aliphatic rings.